The topological polar surface area (TPSA) is 95.9 Å². The first-order valence-electron chi connectivity index (χ1n) is 9.25. The van der Waals surface area contributed by atoms with Crippen molar-refractivity contribution in [2.45, 2.75) is 31.8 Å². The largest absolute Gasteiger partial charge is 0.511 e. The van der Waals surface area contributed by atoms with Gasteiger partial charge in [-0.15, -0.1) is 24.0 Å². The quantitative estimate of drug-likeness (QED) is 0.300. The van der Waals surface area contributed by atoms with Crippen LogP contribution in [-0.2, 0) is 16.6 Å². The Morgan fingerprint density at radius 3 is 2.57 bits per heavy atom. The Morgan fingerprint density at radius 2 is 2.00 bits per heavy atom. The van der Waals surface area contributed by atoms with Crippen molar-refractivity contribution in [1.82, 2.24) is 19.9 Å². The van der Waals surface area contributed by atoms with E-state index in [0.717, 1.165) is 5.56 Å². The highest BCUT2D eigenvalue weighted by Crippen LogP contribution is 2.30. The lowest BCUT2D eigenvalue weighted by molar-refractivity contribution is -0.0496. The Morgan fingerprint density at radius 1 is 1.33 bits per heavy atom. The van der Waals surface area contributed by atoms with E-state index in [0.29, 0.717) is 48.6 Å². The van der Waals surface area contributed by atoms with E-state index in [4.69, 9.17) is 4.74 Å². The molecular formula is C17H27F3IN5O3S. The molecule has 1 aliphatic rings. The number of hydrogen-bond donors (Lipinski definition) is 2. The number of nitrogens with zero attached hydrogens (tertiary/aromatic N) is 3. The molecule has 1 aromatic rings. The van der Waals surface area contributed by atoms with Gasteiger partial charge in [0.1, 0.15) is 0 Å². The van der Waals surface area contributed by atoms with Crippen molar-refractivity contribution < 1.29 is 26.3 Å². The summed E-state index contributed by atoms with van der Waals surface area (Å²) in [6.45, 7) is 3.18. The zero-order valence-electron chi connectivity index (χ0n) is 16.8. The number of halogens is 4. The Labute approximate surface area is 191 Å². The number of hydrogen-bond acceptors (Lipinski definition) is 5. The third-order valence-corrected chi connectivity index (χ3v) is 6.17. The number of sulfonamides is 1. The fourth-order valence-corrected chi connectivity index (χ4v) is 3.90. The van der Waals surface area contributed by atoms with Crippen LogP contribution in [-0.4, -0.2) is 62.5 Å². The van der Waals surface area contributed by atoms with Crippen molar-refractivity contribution in [3.8, 4) is 5.88 Å². The van der Waals surface area contributed by atoms with E-state index >= 15 is 0 Å². The minimum atomic E-state index is -5.25. The highest BCUT2D eigenvalue weighted by atomic mass is 127. The van der Waals surface area contributed by atoms with Crippen LogP contribution in [0.5, 0.6) is 5.88 Å². The van der Waals surface area contributed by atoms with Crippen molar-refractivity contribution >= 4 is 40.0 Å². The summed E-state index contributed by atoms with van der Waals surface area (Å²) in [5, 5.41) is 6.29. The summed E-state index contributed by atoms with van der Waals surface area (Å²) in [5.41, 5.74) is -4.33. The predicted octanol–water partition coefficient (Wildman–Crippen LogP) is 2.32. The van der Waals surface area contributed by atoms with Crippen molar-refractivity contribution in [3.63, 3.8) is 0 Å². The standard InChI is InChI=1S/C17H26F3N5O3S.HI/c1-3-21-16(24-12-14-4-7-22-15(10-14)28-2)23-11-13-5-8-25(9-6-13)29(26,27)17(18,19)20;/h4,7,10,13H,3,5-6,8-9,11-12H2,1-2H3,(H2,21,23,24);1H. The van der Waals surface area contributed by atoms with Gasteiger partial charge in [-0.3, -0.25) is 0 Å². The maximum absolute atomic E-state index is 12.6. The van der Waals surface area contributed by atoms with E-state index in [-0.39, 0.29) is 43.0 Å². The molecule has 0 unspecified atom stereocenters. The number of nitrogens with one attached hydrogen (secondary N) is 2. The van der Waals surface area contributed by atoms with Crippen LogP contribution in [0.4, 0.5) is 13.2 Å². The van der Waals surface area contributed by atoms with Gasteiger partial charge >= 0.3 is 15.5 Å². The predicted molar refractivity (Wildman–Crippen MR) is 118 cm³/mol. The third-order valence-electron chi connectivity index (χ3n) is 4.54. The van der Waals surface area contributed by atoms with Crippen LogP contribution in [0.3, 0.4) is 0 Å². The van der Waals surface area contributed by atoms with Gasteiger partial charge in [0, 0.05) is 38.4 Å². The SMILES string of the molecule is CCNC(=NCc1ccnc(OC)c1)NCC1CCN(S(=O)(=O)C(F)(F)F)CC1.I. The third kappa shape index (κ3) is 7.41. The first kappa shape index (κ1) is 26.7. The minimum Gasteiger partial charge on any atom is -0.481 e. The zero-order chi connectivity index (χ0) is 21.5. The molecule has 1 fully saturated rings. The van der Waals surface area contributed by atoms with E-state index in [2.05, 4.69) is 20.6 Å². The zero-order valence-corrected chi connectivity index (χ0v) is 19.9. The lowest BCUT2D eigenvalue weighted by Gasteiger charge is -2.31. The molecule has 1 aromatic heterocycles. The first-order chi connectivity index (χ1) is 13.7. The van der Waals surface area contributed by atoms with E-state index < -0.39 is 15.5 Å². The van der Waals surface area contributed by atoms with Gasteiger partial charge in [0.2, 0.25) is 5.88 Å². The molecule has 0 aliphatic carbocycles. The van der Waals surface area contributed by atoms with Gasteiger partial charge in [0.15, 0.2) is 5.96 Å². The number of alkyl halides is 3. The molecule has 0 bridgehead atoms. The smallest absolute Gasteiger partial charge is 0.481 e. The van der Waals surface area contributed by atoms with Crippen LogP contribution in [0, 0.1) is 5.92 Å². The number of aromatic nitrogens is 1. The Bertz CT molecular complexity index is 800. The average Bonchev–Trinajstić information content (AvgIpc) is 2.69. The molecule has 2 N–H and O–H groups in total. The summed E-state index contributed by atoms with van der Waals surface area (Å²) >= 11 is 0. The van der Waals surface area contributed by atoms with Crippen LogP contribution in [0.1, 0.15) is 25.3 Å². The van der Waals surface area contributed by atoms with E-state index in [1.165, 1.54) is 7.11 Å². The van der Waals surface area contributed by atoms with Gasteiger partial charge in [-0.2, -0.15) is 17.5 Å². The van der Waals surface area contributed by atoms with Gasteiger partial charge in [-0.1, -0.05) is 0 Å². The van der Waals surface area contributed by atoms with Crippen molar-refractivity contribution in [3.05, 3.63) is 23.9 Å². The first-order valence-corrected chi connectivity index (χ1v) is 10.7. The molecular weight excluding hydrogens is 538 g/mol. The molecule has 0 aromatic carbocycles. The molecule has 0 radical (unpaired) electrons. The van der Waals surface area contributed by atoms with Gasteiger partial charge in [-0.25, -0.2) is 18.4 Å². The second-order valence-electron chi connectivity index (χ2n) is 6.58. The summed E-state index contributed by atoms with van der Waals surface area (Å²) in [4.78, 5) is 8.52. The van der Waals surface area contributed by atoms with Gasteiger partial charge < -0.3 is 15.4 Å². The van der Waals surface area contributed by atoms with Crippen LogP contribution < -0.4 is 15.4 Å². The van der Waals surface area contributed by atoms with Crippen molar-refractivity contribution in [2.24, 2.45) is 10.9 Å². The maximum Gasteiger partial charge on any atom is 0.511 e. The lowest BCUT2D eigenvalue weighted by atomic mass is 9.98. The molecule has 0 saturated carbocycles. The Kier molecular flexibility index (Phi) is 10.6. The molecule has 2 heterocycles. The Balaban J connectivity index is 0.00000450. The number of ether oxygens (including phenoxy) is 1. The molecule has 13 heteroatoms. The lowest BCUT2D eigenvalue weighted by Crippen LogP contribution is -2.47. The Hall–Kier alpha value is -1.35. The summed E-state index contributed by atoms with van der Waals surface area (Å²) in [6, 6.07) is 3.61. The highest BCUT2D eigenvalue weighted by Gasteiger charge is 2.50. The number of pyridine rings is 1. The normalized spacial score (nSPS) is 16.6. The van der Waals surface area contributed by atoms with E-state index in [9.17, 15) is 21.6 Å². The van der Waals surface area contributed by atoms with Crippen molar-refractivity contribution in [1.29, 1.82) is 0 Å². The fourth-order valence-electron chi connectivity index (χ4n) is 2.91. The number of aliphatic imine (C=N–C) groups is 1. The monoisotopic (exact) mass is 565 g/mol. The molecule has 0 amide bonds. The molecule has 0 atom stereocenters. The second-order valence-corrected chi connectivity index (χ2v) is 8.51. The van der Waals surface area contributed by atoms with Crippen LogP contribution in [0.2, 0.25) is 0 Å². The summed E-state index contributed by atoms with van der Waals surface area (Å²) < 4.78 is 66.5. The molecule has 2 rings (SSSR count). The minimum absolute atomic E-state index is 0. The summed E-state index contributed by atoms with van der Waals surface area (Å²) in [6.07, 6.45) is 2.33. The summed E-state index contributed by atoms with van der Waals surface area (Å²) in [5.74, 6) is 1.13. The number of methoxy groups -OCH3 is 1. The van der Waals surface area contributed by atoms with Gasteiger partial charge in [0.05, 0.1) is 13.7 Å². The van der Waals surface area contributed by atoms with Crippen LogP contribution >= 0.6 is 24.0 Å². The van der Waals surface area contributed by atoms with Crippen LogP contribution in [0.15, 0.2) is 23.3 Å². The molecule has 1 saturated heterocycles. The van der Waals surface area contributed by atoms with Crippen molar-refractivity contribution in [2.75, 3.05) is 33.3 Å². The molecule has 172 valence electrons. The molecule has 30 heavy (non-hydrogen) atoms. The fraction of sp³-hybridized carbons (Fsp3) is 0.647. The molecule has 8 nitrogen and oxygen atoms in total. The van der Waals surface area contributed by atoms with E-state index in [1.54, 1.807) is 12.3 Å². The van der Waals surface area contributed by atoms with Gasteiger partial charge in [0.25, 0.3) is 0 Å². The molecule has 1 aliphatic heterocycles. The number of rotatable bonds is 7. The maximum atomic E-state index is 12.6. The van der Waals surface area contributed by atoms with Crippen LogP contribution in [0.25, 0.3) is 0 Å². The second kappa shape index (κ2) is 11.9. The van der Waals surface area contributed by atoms with Gasteiger partial charge in [-0.05, 0) is 37.3 Å². The van der Waals surface area contributed by atoms with E-state index in [1.807, 2.05) is 13.0 Å². The number of guanidine groups is 1. The average molecular weight is 565 g/mol. The molecule has 0 spiro atoms. The summed E-state index contributed by atoms with van der Waals surface area (Å²) in [7, 11) is -3.71. The highest BCUT2D eigenvalue weighted by molar-refractivity contribution is 14.0. The number of piperidine rings is 1.